The van der Waals surface area contributed by atoms with E-state index < -0.39 is 5.92 Å². The fraction of sp³-hybridized carbons (Fsp3) is 0.588. The van der Waals surface area contributed by atoms with E-state index in [1.807, 2.05) is 19.1 Å². The lowest BCUT2D eigenvalue weighted by molar-refractivity contribution is -0.124. The van der Waals surface area contributed by atoms with Gasteiger partial charge in [0.15, 0.2) is 11.5 Å². The van der Waals surface area contributed by atoms with E-state index in [2.05, 4.69) is 15.4 Å². The molecule has 2 heterocycles. The Bertz CT molecular complexity index is 787. The second kappa shape index (κ2) is 5.50. The number of hydrogen-bond acceptors (Lipinski definition) is 3. The molecule has 7 heteroatoms. The Labute approximate surface area is 138 Å². The number of aryl methyl sites for hydroxylation is 1. The third kappa shape index (κ3) is 2.87. The number of nitrogens with one attached hydrogen (secondary N) is 1. The van der Waals surface area contributed by atoms with Crippen LogP contribution >= 0.6 is 0 Å². The first-order valence-electron chi connectivity index (χ1n) is 8.48. The van der Waals surface area contributed by atoms with E-state index in [0.29, 0.717) is 17.4 Å². The molecule has 0 radical (unpaired) electrons. The highest BCUT2D eigenvalue weighted by atomic mass is 19.3. The molecule has 24 heavy (non-hydrogen) atoms. The Hall–Kier alpha value is -2.05. The summed E-state index contributed by atoms with van der Waals surface area (Å²) >= 11 is 0. The van der Waals surface area contributed by atoms with E-state index in [9.17, 15) is 13.6 Å². The van der Waals surface area contributed by atoms with Gasteiger partial charge in [-0.2, -0.15) is 5.10 Å². The van der Waals surface area contributed by atoms with E-state index >= 15 is 0 Å². The Balaban J connectivity index is 1.58. The third-order valence-electron chi connectivity index (χ3n) is 4.94. The molecule has 2 saturated carbocycles. The molecule has 4 rings (SSSR count). The van der Waals surface area contributed by atoms with Crippen LogP contribution in [0.15, 0.2) is 12.1 Å². The van der Waals surface area contributed by atoms with E-state index in [-0.39, 0.29) is 37.5 Å². The van der Waals surface area contributed by atoms with Crippen molar-refractivity contribution in [2.75, 3.05) is 5.32 Å². The predicted octanol–water partition coefficient (Wildman–Crippen LogP) is 3.68. The normalized spacial score (nSPS) is 21.1. The van der Waals surface area contributed by atoms with Gasteiger partial charge in [-0.05, 0) is 44.7 Å². The number of fused-ring (bicyclic) bond motifs is 1. The number of imidazole rings is 1. The molecule has 128 valence electrons. The van der Waals surface area contributed by atoms with E-state index in [1.54, 1.807) is 4.52 Å². The highest BCUT2D eigenvalue weighted by Crippen LogP contribution is 2.44. The van der Waals surface area contributed by atoms with Crippen molar-refractivity contribution in [2.45, 2.75) is 57.3 Å². The minimum absolute atomic E-state index is 0.201. The number of amides is 1. The molecule has 2 aromatic heterocycles. The minimum atomic E-state index is -2.62. The van der Waals surface area contributed by atoms with Crippen LogP contribution in [-0.4, -0.2) is 26.4 Å². The maximum atomic E-state index is 13.3. The summed E-state index contributed by atoms with van der Waals surface area (Å²) in [4.78, 5) is 17.0. The Morgan fingerprint density at radius 1 is 1.25 bits per heavy atom. The zero-order valence-corrected chi connectivity index (χ0v) is 13.6. The second-order valence-electron chi connectivity index (χ2n) is 6.98. The quantitative estimate of drug-likeness (QED) is 0.931. The summed E-state index contributed by atoms with van der Waals surface area (Å²) < 4.78 is 28.3. The number of carbonyl (C=O) groups excluding carboxylic acids is 1. The number of aromatic nitrogens is 3. The number of nitrogens with zero attached hydrogens (tertiary/aromatic N) is 3. The van der Waals surface area contributed by atoms with Gasteiger partial charge in [-0.15, -0.1) is 0 Å². The zero-order valence-electron chi connectivity index (χ0n) is 13.6. The van der Waals surface area contributed by atoms with Gasteiger partial charge in [-0.1, -0.05) is 0 Å². The van der Waals surface area contributed by atoms with Crippen LogP contribution in [0.25, 0.3) is 5.65 Å². The molecular formula is C17H20F2N4O. The molecule has 0 unspecified atom stereocenters. The van der Waals surface area contributed by atoms with Gasteiger partial charge in [-0.25, -0.2) is 18.3 Å². The molecule has 0 bridgehead atoms. The summed E-state index contributed by atoms with van der Waals surface area (Å²) in [6.07, 6.45) is 2.13. The number of carbonyl (C=O) groups is 1. The van der Waals surface area contributed by atoms with Crippen molar-refractivity contribution in [3.8, 4) is 0 Å². The number of alkyl halides is 2. The van der Waals surface area contributed by atoms with Gasteiger partial charge in [0.2, 0.25) is 11.8 Å². The summed E-state index contributed by atoms with van der Waals surface area (Å²) in [6, 6.07) is 3.76. The van der Waals surface area contributed by atoms with E-state index in [0.717, 1.165) is 24.2 Å². The van der Waals surface area contributed by atoms with Gasteiger partial charge in [0.25, 0.3) is 0 Å². The predicted molar refractivity (Wildman–Crippen MR) is 85.2 cm³/mol. The van der Waals surface area contributed by atoms with Gasteiger partial charge in [0.05, 0.1) is 11.4 Å². The van der Waals surface area contributed by atoms with Crippen LogP contribution in [0.3, 0.4) is 0 Å². The maximum Gasteiger partial charge on any atom is 0.248 e. The van der Waals surface area contributed by atoms with Crippen LogP contribution < -0.4 is 5.32 Å². The van der Waals surface area contributed by atoms with Gasteiger partial charge in [-0.3, -0.25) is 4.79 Å². The highest BCUT2D eigenvalue weighted by Gasteiger charge is 2.38. The van der Waals surface area contributed by atoms with Gasteiger partial charge < -0.3 is 5.32 Å². The SMILES string of the molecule is Cc1ccc2nc(NC(=O)C3CCC(F)(F)CC3)c(C3CC3)n2n1. The molecule has 0 aliphatic heterocycles. The minimum Gasteiger partial charge on any atom is -0.309 e. The Morgan fingerprint density at radius 2 is 1.96 bits per heavy atom. The van der Waals surface area contributed by atoms with Crippen molar-refractivity contribution in [1.82, 2.24) is 14.6 Å². The largest absolute Gasteiger partial charge is 0.309 e. The molecule has 1 N–H and O–H groups in total. The zero-order chi connectivity index (χ0) is 16.9. The van der Waals surface area contributed by atoms with Crippen LogP contribution in [0, 0.1) is 12.8 Å². The van der Waals surface area contributed by atoms with Crippen molar-refractivity contribution in [2.24, 2.45) is 5.92 Å². The molecule has 2 aliphatic carbocycles. The summed E-state index contributed by atoms with van der Waals surface area (Å²) in [5.74, 6) is -2.29. The van der Waals surface area contributed by atoms with E-state index in [4.69, 9.17) is 0 Å². The highest BCUT2D eigenvalue weighted by molar-refractivity contribution is 5.92. The van der Waals surface area contributed by atoms with Gasteiger partial charge in [0.1, 0.15) is 0 Å². The van der Waals surface area contributed by atoms with Crippen LogP contribution in [-0.2, 0) is 4.79 Å². The van der Waals surface area contributed by atoms with Crippen molar-refractivity contribution in [1.29, 1.82) is 0 Å². The van der Waals surface area contributed by atoms with Crippen LogP contribution in [0.5, 0.6) is 0 Å². The van der Waals surface area contributed by atoms with Crippen LogP contribution in [0.1, 0.15) is 55.8 Å². The molecule has 2 fully saturated rings. The molecule has 0 saturated heterocycles. The number of anilines is 1. The molecule has 5 nitrogen and oxygen atoms in total. The lowest BCUT2D eigenvalue weighted by atomic mass is 9.86. The van der Waals surface area contributed by atoms with Crippen molar-refractivity contribution in [3.05, 3.63) is 23.5 Å². The Morgan fingerprint density at radius 3 is 2.62 bits per heavy atom. The average Bonchev–Trinajstić information content (AvgIpc) is 3.29. The fourth-order valence-electron chi connectivity index (χ4n) is 3.38. The van der Waals surface area contributed by atoms with Crippen molar-refractivity contribution < 1.29 is 13.6 Å². The average molecular weight is 334 g/mol. The molecule has 2 aromatic rings. The molecule has 2 aliphatic rings. The second-order valence-corrected chi connectivity index (χ2v) is 6.98. The van der Waals surface area contributed by atoms with Gasteiger partial charge in [0, 0.05) is 24.7 Å². The molecular weight excluding hydrogens is 314 g/mol. The Kier molecular flexibility index (Phi) is 3.54. The third-order valence-corrected chi connectivity index (χ3v) is 4.94. The summed E-state index contributed by atoms with van der Waals surface area (Å²) in [6.45, 7) is 1.91. The molecule has 0 atom stereocenters. The van der Waals surface area contributed by atoms with E-state index in [1.165, 1.54) is 0 Å². The first-order chi connectivity index (χ1) is 11.4. The first-order valence-corrected chi connectivity index (χ1v) is 8.48. The molecule has 0 spiro atoms. The standard InChI is InChI=1S/C17H20F2N4O/c1-10-2-5-13-20-15(14(11-3-4-11)23(13)22-10)21-16(24)12-6-8-17(18,19)9-7-12/h2,5,11-12H,3-4,6-9H2,1H3,(H,21,24). The van der Waals surface area contributed by atoms with Crippen molar-refractivity contribution in [3.63, 3.8) is 0 Å². The summed E-state index contributed by atoms with van der Waals surface area (Å²) in [7, 11) is 0. The van der Waals surface area contributed by atoms with Crippen LogP contribution in [0.2, 0.25) is 0 Å². The lowest BCUT2D eigenvalue weighted by Crippen LogP contribution is -2.32. The van der Waals surface area contributed by atoms with Crippen LogP contribution in [0.4, 0.5) is 14.6 Å². The topological polar surface area (TPSA) is 59.3 Å². The maximum absolute atomic E-state index is 13.3. The van der Waals surface area contributed by atoms with Gasteiger partial charge >= 0.3 is 0 Å². The number of halogens is 2. The lowest BCUT2D eigenvalue weighted by Gasteiger charge is -2.27. The first kappa shape index (κ1) is 15.5. The fourth-order valence-corrected chi connectivity index (χ4v) is 3.38. The number of rotatable bonds is 3. The monoisotopic (exact) mass is 334 g/mol. The van der Waals surface area contributed by atoms with Crippen molar-refractivity contribution >= 4 is 17.4 Å². The molecule has 0 aromatic carbocycles. The molecule has 1 amide bonds. The summed E-state index contributed by atoms with van der Waals surface area (Å²) in [5, 5.41) is 7.38. The smallest absolute Gasteiger partial charge is 0.248 e. The number of hydrogen-bond donors (Lipinski definition) is 1. The summed E-state index contributed by atoms with van der Waals surface area (Å²) in [5.41, 5.74) is 2.52.